The summed E-state index contributed by atoms with van der Waals surface area (Å²) in [6.45, 7) is 6.31. The molecule has 0 aromatic heterocycles. The monoisotopic (exact) mass is 431 g/mol. The number of Topliss-reactive ketones (excluding diaryl/α,β-unsaturated/α-hetero) is 1. The van der Waals surface area contributed by atoms with Gasteiger partial charge < -0.3 is 9.47 Å². The number of ether oxygens (including phenoxy) is 2. The van der Waals surface area contributed by atoms with Crippen molar-refractivity contribution in [2.75, 3.05) is 20.8 Å². The van der Waals surface area contributed by atoms with E-state index < -0.39 is 10.7 Å². The number of ketones is 1. The summed E-state index contributed by atoms with van der Waals surface area (Å²) < 4.78 is 11.3. The molecule has 2 saturated heterocycles. The van der Waals surface area contributed by atoms with Gasteiger partial charge in [-0.15, -0.1) is 0 Å². The van der Waals surface area contributed by atoms with Crippen LogP contribution >= 0.6 is 12.6 Å². The molecular weight excluding hydrogens is 398 g/mol. The summed E-state index contributed by atoms with van der Waals surface area (Å²) in [6, 6.07) is 6.37. The van der Waals surface area contributed by atoms with E-state index in [1.54, 1.807) is 14.0 Å². The third kappa shape index (κ3) is 2.72. The van der Waals surface area contributed by atoms with E-state index in [4.69, 9.17) is 9.47 Å². The lowest BCUT2D eigenvalue weighted by molar-refractivity contribution is -0.188. The number of hydrogen-bond acceptors (Lipinski definition) is 6. The van der Waals surface area contributed by atoms with Gasteiger partial charge in [-0.3, -0.25) is 14.5 Å². The number of nitrogens with zero attached hydrogens (tertiary/aromatic N) is 1. The second-order valence-electron chi connectivity index (χ2n) is 9.36. The Morgan fingerprint density at radius 3 is 2.67 bits per heavy atom. The van der Waals surface area contributed by atoms with Crippen LogP contribution in [0.5, 0.6) is 5.75 Å². The highest BCUT2D eigenvalue weighted by Crippen LogP contribution is 2.63. The average molecular weight is 432 g/mol. The molecule has 164 valence electrons. The van der Waals surface area contributed by atoms with E-state index in [-0.39, 0.29) is 35.7 Å². The van der Waals surface area contributed by atoms with Gasteiger partial charge in [0.2, 0.25) is 0 Å². The minimum Gasteiger partial charge on any atom is -0.496 e. The van der Waals surface area contributed by atoms with Gasteiger partial charge in [0.1, 0.15) is 11.2 Å². The Morgan fingerprint density at radius 1 is 1.30 bits per heavy atom. The summed E-state index contributed by atoms with van der Waals surface area (Å²) in [4.78, 5) is 29.3. The number of thiol groups is 1. The first kappa shape index (κ1) is 21.7. The minimum atomic E-state index is -1.15. The second-order valence-corrected chi connectivity index (χ2v) is 9.98. The normalized spacial score (nSPS) is 35.5. The number of methoxy groups -OCH3 is 1. The van der Waals surface area contributed by atoms with Crippen LogP contribution in [0, 0.1) is 11.3 Å². The summed E-state index contributed by atoms with van der Waals surface area (Å²) in [5.41, 5.74) is 1.29. The van der Waals surface area contributed by atoms with Crippen molar-refractivity contribution in [2.24, 2.45) is 11.3 Å². The first-order valence-corrected chi connectivity index (χ1v) is 11.6. The highest BCUT2D eigenvalue weighted by Gasteiger charge is 2.70. The van der Waals surface area contributed by atoms with Crippen molar-refractivity contribution in [1.82, 2.24) is 4.90 Å². The summed E-state index contributed by atoms with van der Waals surface area (Å²) in [5, 5.41) is -0.461. The van der Waals surface area contributed by atoms with Crippen LogP contribution in [0.25, 0.3) is 0 Å². The number of piperidine rings is 2. The molecule has 0 spiro atoms. The molecule has 3 fully saturated rings. The third-order valence-corrected chi connectivity index (χ3v) is 8.73. The van der Waals surface area contributed by atoms with Crippen molar-refractivity contribution >= 4 is 24.4 Å². The number of carbonyl (C=O) groups excluding carboxylic acids is 2. The van der Waals surface area contributed by atoms with E-state index >= 15 is 0 Å². The van der Waals surface area contributed by atoms with E-state index in [2.05, 4.69) is 43.6 Å². The Kier molecular flexibility index (Phi) is 5.46. The standard InChI is InChI=1S/C24H33NO4S/c1-6-18(30)21(26)24(22(27)29-7-2)12-15-16-11-14-9-8-10-17(28-5)20(14)23(15,3)13-19(24)25(16)4/h8-10,15-16,18-19,30H,6-7,11-13H2,1-5H3/t15?,16?,18?,19?,23-,24?/m1/s1. The maximum Gasteiger partial charge on any atom is 0.321 e. The molecule has 1 saturated carbocycles. The number of carbonyl (C=O) groups is 2. The molecule has 5 unspecified atom stereocenters. The largest absolute Gasteiger partial charge is 0.496 e. The highest BCUT2D eigenvalue weighted by atomic mass is 32.1. The van der Waals surface area contributed by atoms with Gasteiger partial charge in [-0.05, 0) is 57.2 Å². The van der Waals surface area contributed by atoms with Gasteiger partial charge in [0.25, 0.3) is 0 Å². The van der Waals surface area contributed by atoms with Gasteiger partial charge in [-0.2, -0.15) is 12.6 Å². The molecule has 1 aromatic rings. The molecule has 2 aliphatic carbocycles. The van der Waals surface area contributed by atoms with Crippen molar-refractivity contribution in [3.05, 3.63) is 29.3 Å². The van der Waals surface area contributed by atoms with Crippen LogP contribution in [0.2, 0.25) is 0 Å². The summed E-state index contributed by atoms with van der Waals surface area (Å²) in [5.74, 6) is 0.639. The fraction of sp³-hybridized carbons (Fsp3) is 0.667. The Labute approximate surface area is 184 Å². The third-order valence-electron chi connectivity index (χ3n) is 8.13. The van der Waals surface area contributed by atoms with Gasteiger partial charge in [0, 0.05) is 23.1 Å². The van der Waals surface area contributed by atoms with Crippen molar-refractivity contribution in [3.8, 4) is 5.75 Å². The summed E-state index contributed by atoms with van der Waals surface area (Å²) >= 11 is 4.56. The molecule has 5 nitrogen and oxygen atoms in total. The lowest BCUT2D eigenvalue weighted by Crippen LogP contribution is -2.75. The Morgan fingerprint density at radius 2 is 2.03 bits per heavy atom. The zero-order valence-corrected chi connectivity index (χ0v) is 19.5. The van der Waals surface area contributed by atoms with Gasteiger partial charge in [-0.25, -0.2) is 0 Å². The van der Waals surface area contributed by atoms with E-state index in [9.17, 15) is 9.59 Å². The predicted molar refractivity (Wildman–Crippen MR) is 119 cm³/mol. The van der Waals surface area contributed by atoms with Crippen LogP contribution in [0.4, 0.5) is 0 Å². The molecule has 2 aliphatic heterocycles. The van der Waals surface area contributed by atoms with E-state index in [0.717, 1.165) is 18.6 Å². The van der Waals surface area contributed by atoms with Crippen LogP contribution in [0.15, 0.2) is 18.2 Å². The number of benzene rings is 1. The van der Waals surface area contributed by atoms with Crippen molar-refractivity contribution < 1.29 is 19.1 Å². The van der Waals surface area contributed by atoms with Crippen LogP contribution in [-0.4, -0.2) is 54.8 Å². The number of hydrogen-bond donors (Lipinski definition) is 1. The lowest BCUT2D eigenvalue weighted by Gasteiger charge is -2.66. The minimum absolute atomic E-state index is 0.0741. The number of rotatable bonds is 6. The molecular formula is C24H33NO4S. The Bertz CT molecular complexity index is 873. The van der Waals surface area contributed by atoms with Crippen LogP contribution in [0.1, 0.15) is 51.2 Å². The van der Waals surface area contributed by atoms with E-state index in [1.807, 2.05) is 13.0 Å². The maximum absolute atomic E-state index is 13.7. The van der Waals surface area contributed by atoms with Crippen LogP contribution in [0.3, 0.4) is 0 Å². The van der Waals surface area contributed by atoms with Crippen molar-refractivity contribution in [2.45, 2.75) is 69.2 Å². The fourth-order valence-corrected chi connectivity index (χ4v) is 6.92. The number of esters is 1. The first-order valence-electron chi connectivity index (χ1n) is 11.0. The SMILES string of the molecule is CCOC(=O)C1(C(=O)C(S)CC)CC2C3Cc4cccc(OC)c4[C@]2(C)CC1N3C. The van der Waals surface area contributed by atoms with Gasteiger partial charge in [0.05, 0.1) is 19.0 Å². The molecule has 6 heteroatoms. The van der Waals surface area contributed by atoms with E-state index in [1.165, 1.54) is 11.1 Å². The average Bonchev–Trinajstić information content (AvgIpc) is 2.74. The second kappa shape index (κ2) is 7.56. The molecule has 1 aromatic carbocycles. The Hall–Kier alpha value is -1.53. The molecule has 0 N–H and O–H groups in total. The summed E-state index contributed by atoms with van der Waals surface area (Å²) in [6.07, 6.45) is 2.76. The Balaban J connectivity index is 1.86. The fourth-order valence-electron chi connectivity index (χ4n) is 6.69. The molecule has 6 atom stereocenters. The zero-order valence-electron chi connectivity index (χ0n) is 18.6. The number of likely N-dealkylation sites (N-methyl/N-ethyl adjacent to an activating group) is 1. The molecule has 30 heavy (non-hydrogen) atoms. The van der Waals surface area contributed by atoms with Crippen molar-refractivity contribution in [1.29, 1.82) is 0 Å². The first-order chi connectivity index (χ1) is 14.3. The van der Waals surface area contributed by atoms with Gasteiger partial charge in [-0.1, -0.05) is 26.0 Å². The summed E-state index contributed by atoms with van der Waals surface area (Å²) in [7, 11) is 3.80. The van der Waals surface area contributed by atoms with Crippen molar-refractivity contribution in [3.63, 3.8) is 0 Å². The van der Waals surface area contributed by atoms with Crippen LogP contribution in [-0.2, 0) is 26.2 Å². The topological polar surface area (TPSA) is 55.8 Å². The van der Waals surface area contributed by atoms with Gasteiger partial charge in [0.15, 0.2) is 5.78 Å². The van der Waals surface area contributed by atoms with E-state index in [0.29, 0.717) is 18.9 Å². The predicted octanol–water partition coefficient (Wildman–Crippen LogP) is 3.43. The highest BCUT2D eigenvalue weighted by molar-refractivity contribution is 7.81. The molecule has 2 heterocycles. The van der Waals surface area contributed by atoms with Crippen LogP contribution < -0.4 is 4.74 Å². The molecule has 4 aliphatic rings. The molecule has 5 rings (SSSR count). The van der Waals surface area contributed by atoms with Gasteiger partial charge >= 0.3 is 5.97 Å². The molecule has 0 amide bonds. The molecule has 4 bridgehead atoms. The number of fused-ring (bicyclic) bond motifs is 2. The maximum atomic E-state index is 13.7. The lowest BCUT2D eigenvalue weighted by atomic mass is 9.45. The quantitative estimate of drug-likeness (QED) is 0.425. The smallest absolute Gasteiger partial charge is 0.321 e. The zero-order chi connectivity index (χ0) is 21.8. The molecule has 0 radical (unpaired) electrons.